The summed E-state index contributed by atoms with van der Waals surface area (Å²) in [6.07, 6.45) is 0. The number of hydrogen-bond acceptors (Lipinski definition) is 5. The number of anilines is 3. The number of carbonyl (C=O) groups excluding carboxylic acids is 3. The van der Waals surface area contributed by atoms with Gasteiger partial charge in [0.1, 0.15) is 5.69 Å². The zero-order valence-electron chi connectivity index (χ0n) is 13.9. The lowest BCUT2D eigenvalue weighted by Crippen LogP contribution is -2.19. The SMILES string of the molecule is NC(=O)c1ccc(NC(=O)c2csc(NC(=O)Nc3ccccc3)n2)cc1. The van der Waals surface area contributed by atoms with Crippen LogP contribution in [-0.4, -0.2) is 22.8 Å². The molecule has 2 aromatic carbocycles. The summed E-state index contributed by atoms with van der Waals surface area (Å²) >= 11 is 1.13. The summed E-state index contributed by atoms with van der Waals surface area (Å²) in [6.45, 7) is 0. The number of benzene rings is 2. The van der Waals surface area contributed by atoms with Gasteiger partial charge in [-0.2, -0.15) is 0 Å². The van der Waals surface area contributed by atoms with Crippen molar-refractivity contribution in [2.75, 3.05) is 16.0 Å². The number of hydrogen-bond donors (Lipinski definition) is 4. The molecule has 0 unspecified atom stereocenters. The van der Waals surface area contributed by atoms with Gasteiger partial charge in [0.2, 0.25) is 5.91 Å². The van der Waals surface area contributed by atoms with Crippen molar-refractivity contribution in [3.8, 4) is 0 Å². The molecule has 1 aromatic heterocycles. The molecule has 0 aliphatic carbocycles. The lowest BCUT2D eigenvalue weighted by molar-refractivity contribution is 0.0998. The fourth-order valence-corrected chi connectivity index (χ4v) is 2.82. The Morgan fingerprint density at radius 3 is 2.19 bits per heavy atom. The number of primary amides is 1. The Balaban J connectivity index is 1.58. The molecule has 0 radical (unpaired) electrons. The first-order valence-corrected chi connectivity index (χ1v) is 8.69. The second kappa shape index (κ2) is 8.11. The molecule has 0 aliphatic rings. The first-order chi connectivity index (χ1) is 13.0. The van der Waals surface area contributed by atoms with E-state index in [1.54, 1.807) is 36.4 Å². The minimum Gasteiger partial charge on any atom is -0.366 e. The lowest BCUT2D eigenvalue weighted by atomic mass is 10.2. The highest BCUT2D eigenvalue weighted by Gasteiger charge is 2.13. The largest absolute Gasteiger partial charge is 0.366 e. The van der Waals surface area contributed by atoms with Gasteiger partial charge < -0.3 is 16.4 Å². The molecule has 3 aromatic rings. The van der Waals surface area contributed by atoms with E-state index in [1.165, 1.54) is 17.5 Å². The van der Waals surface area contributed by atoms with Gasteiger partial charge in [-0.25, -0.2) is 9.78 Å². The van der Waals surface area contributed by atoms with Crippen LogP contribution in [0.3, 0.4) is 0 Å². The quantitative estimate of drug-likeness (QED) is 0.541. The van der Waals surface area contributed by atoms with Gasteiger partial charge in [-0.15, -0.1) is 11.3 Å². The number of amides is 4. The Kier molecular flexibility index (Phi) is 5.43. The van der Waals surface area contributed by atoms with Crippen LogP contribution in [0.15, 0.2) is 60.0 Å². The Labute approximate surface area is 158 Å². The van der Waals surface area contributed by atoms with Crippen LogP contribution < -0.4 is 21.7 Å². The Morgan fingerprint density at radius 1 is 0.852 bits per heavy atom. The van der Waals surface area contributed by atoms with E-state index in [9.17, 15) is 14.4 Å². The van der Waals surface area contributed by atoms with Gasteiger partial charge in [-0.05, 0) is 36.4 Å². The maximum absolute atomic E-state index is 12.2. The number of thiazole rings is 1. The van der Waals surface area contributed by atoms with Crippen LogP contribution in [0, 0.1) is 0 Å². The molecule has 0 spiro atoms. The molecule has 0 saturated carbocycles. The molecule has 5 N–H and O–H groups in total. The maximum atomic E-state index is 12.2. The van der Waals surface area contributed by atoms with E-state index < -0.39 is 17.8 Å². The summed E-state index contributed by atoms with van der Waals surface area (Å²) in [5.74, 6) is -0.980. The van der Waals surface area contributed by atoms with Gasteiger partial charge in [0.15, 0.2) is 5.13 Å². The zero-order valence-corrected chi connectivity index (χ0v) is 14.7. The number of urea groups is 1. The van der Waals surface area contributed by atoms with Crippen molar-refractivity contribution in [1.82, 2.24) is 4.98 Å². The average Bonchev–Trinajstić information content (AvgIpc) is 3.11. The number of para-hydroxylation sites is 1. The molecule has 8 nitrogen and oxygen atoms in total. The van der Waals surface area contributed by atoms with Crippen molar-refractivity contribution < 1.29 is 14.4 Å². The molecular weight excluding hydrogens is 366 g/mol. The highest BCUT2D eigenvalue weighted by atomic mass is 32.1. The van der Waals surface area contributed by atoms with E-state index in [0.717, 1.165) is 11.3 Å². The van der Waals surface area contributed by atoms with Crippen LogP contribution in [0.25, 0.3) is 0 Å². The van der Waals surface area contributed by atoms with Crippen LogP contribution in [0.1, 0.15) is 20.8 Å². The maximum Gasteiger partial charge on any atom is 0.325 e. The number of nitrogens with one attached hydrogen (secondary N) is 3. The van der Waals surface area contributed by atoms with E-state index in [-0.39, 0.29) is 10.8 Å². The molecule has 27 heavy (non-hydrogen) atoms. The van der Waals surface area contributed by atoms with Gasteiger partial charge in [0.25, 0.3) is 5.91 Å². The topological polar surface area (TPSA) is 126 Å². The normalized spacial score (nSPS) is 10.1. The molecule has 0 saturated heterocycles. The number of carbonyl (C=O) groups is 3. The molecule has 136 valence electrons. The van der Waals surface area contributed by atoms with Crippen LogP contribution in [0.5, 0.6) is 0 Å². The van der Waals surface area contributed by atoms with E-state index >= 15 is 0 Å². The van der Waals surface area contributed by atoms with E-state index in [2.05, 4.69) is 20.9 Å². The first-order valence-electron chi connectivity index (χ1n) is 7.81. The fourth-order valence-electron chi connectivity index (χ4n) is 2.13. The third-order valence-corrected chi connectivity index (χ3v) is 4.17. The van der Waals surface area contributed by atoms with Gasteiger partial charge in [-0.1, -0.05) is 18.2 Å². The molecule has 0 aliphatic heterocycles. The molecule has 0 atom stereocenters. The van der Waals surface area contributed by atoms with Gasteiger partial charge in [0, 0.05) is 22.3 Å². The van der Waals surface area contributed by atoms with Gasteiger partial charge >= 0.3 is 6.03 Å². The van der Waals surface area contributed by atoms with Crippen molar-refractivity contribution in [3.05, 3.63) is 71.2 Å². The van der Waals surface area contributed by atoms with Crippen LogP contribution in [-0.2, 0) is 0 Å². The smallest absolute Gasteiger partial charge is 0.325 e. The van der Waals surface area contributed by atoms with E-state index in [0.29, 0.717) is 16.9 Å². The summed E-state index contributed by atoms with van der Waals surface area (Å²) in [6, 6.07) is 14.7. The molecule has 9 heteroatoms. The minimum atomic E-state index is -0.545. The molecule has 3 rings (SSSR count). The summed E-state index contributed by atoms with van der Waals surface area (Å²) in [5.41, 5.74) is 6.82. The number of nitrogens with two attached hydrogens (primary N) is 1. The predicted molar refractivity (Wildman–Crippen MR) is 104 cm³/mol. The summed E-state index contributed by atoms with van der Waals surface area (Å²) < 4.78 is 0. The van der Waals surface area contributed by atoms with E-state index in [4.69, 9.17) is 5.73 Å². The summed E-state index contributed by atoms with van der Waals surface area (Å²) in [7, 11) is 0. The highest BCUT2D eigenvalue weighted by molar-refractivity contribution is 7.14. The van der Waals surface area contributed by atoms with Gasteiger partial charge in [-0.3, -0.25) is 14.9 Å². The molecular formula is C18H15N5O3S. The molecule has 0 bridgehead atoms. The monoisotopic (exact) mass is 381 g/mol. The second-order valence-corrected chi connectivity index (χ2v) is 6.24. The number of aromatic nitrogens is 1. The predicted octanol–water partition coefficient (Wildman–Crippen LogP) is 3.14. The fraction of sp³-hybridized carbons (Fsp3) is 0. The first kappa shape index (κ1) is 18.1. The molecule has 1 heterocycles. The zero-order chi connectivity index (χ0) is 19.2. The highest BCUT2D eigenvalue weighted by Crippen LogP contribution is 2.18. The van der Waals surface area contributed by atoms with E-state index in [1.807, 2.05) is 6.07 Å². The van der Waals surface area contributed by atoms with Crippen molar-refractivity contribution in [1.29, 1.82) is 0 Å². The number of nitrogens with zero attached hydrogens (tertiary/aromatic N) is 1. The molecule has 4 amide bonds. The third kappa shape index (κ3) is 4.89. The standard InChI is InChI=1S/C18H15N5O3S/c19-15(24)11-6-8-13(9-7-11)20-16(25)14-10-27-18(22-14)23-17(26)21-12-4-2-1-3-5-12/h1-10H,(H2,19,24)(H,20,25)(H2,21,22,23,26). The Hall–Kier alpha value is -3.72. The number of rotatable bonds is 5. The Morgan fingerprint density at radius 2 is 1.52 bits per heavy atom. The van der Waals surface area contributed by atoms with Crippen LogP contribution in [0.4, 0.5) is 21.3 Å². The average molecular weight is 381 g/mol. The third-order valence-electron chi connectivity index (χ3n) is 3.42. The Bertz CT molecular complexity index is 970. The van der Waals surface area contributed by atoms with Crippen LogP contribution >= 0.6 is 11.3 Å². The van der Waals surface area contributed by atoms with Crippen molar-refractivity contribution in [2.24, 2.45) is 5.73 Å². The van der Waals surface area contributed by atoms with Crippen LogP contribution in [0.2, 0.25) is 0 Å². The van der Waals surface area contributed by atoms with Crippen molar-refractivity contribution >= 4 is 45.7 Å². The summed E-state index contributed by atoms with van der Waals surface area (Å²) in [5, 5.41) is 9.71. The second-order valence-electron chi connectivity index (χ2n) is 5.38. The lowest BCUT2D eigenvalue weighted by Gasteiger charge is -2.05. The van der Waals surface area contributed by atoms with Crippen molar-refractivity contribution in [3.63, 3.8) is 0 Å². The minimum absolute atomic E-state index is 0.161. The van der Waals surface area contributed by atoms with Crippen molar-refractivity contribution in [2.45, 2.75) is 0 Å². The molecule has 0 fully saturated rings. The van der Waals surface area contributed by atoms with Gasteiger partial charge in [0.05, 0.1) is 0 Å². The summed E-state index contributed by atoms with van der Waals surface area (Å²) in [4.78, 5) is 39.3.